The van der Waals surface area contributed by atoms with Gasteiger partial charge in [-0.25, -0.2) is 0 Å². The molecule has 0 spiro atoms. The van der Waals surface area contributed by atoms with E-state index in [4.69, 9.17) is 5.73 Å². The van der Waals surface area contributed by atoms with Crippen LogP contribution in [0.15, 0.2) is 48.5 Å². The molecule has 2 N–H and O–H groups in total. The topological polar surface area (TPSA) is 43.1 Å². The van der Waals surface area contributed by atoms with Crippen molar-refractivity contribution in [1.29, 1.82) is 0 Å². The summed E-state index contributed by atoms with van der Waals surface area (Å²) >= 11 is 0. The molecule has 0 heterocycles. The molecule has 2 rings (SSSR count). The molecule has 2 nitrogen and oxygen atoms in total. The molecule has 0 aliphatic carbocycles. The van der Waals surface area contributed by atoms with Gasteiger partial charge in [-0.05, 0) is 17.7 Å². The van der Waals surface area contributed by atoms with Crippen molar-refractivity contribution in [3.05, 3.63) is 60.2 Å². The summed E-state index contributed by atoms with van der Waals surface area (Å²) in [5.41, 5.74) is 7.50. The summed E-state index contributed by atoms with van der Waals surface area (Å²) in [5, 5.41) is 0. The highest BCUT2D eigenvalue weighted by Gasteiger charge is 2.08. The number of primary amides is 1. The van der Waals surface area contributed by atoms with Gasteiger partial charge in [-0.2, -0.15) is 0 Å². The van der Waals surface area contributed by atoms with Gasteiger partial charge in [0, 0.05) is 11.1 Å². The Morgan fingerprint density at radius 2 is 1.80 bits per heavy atom. The zero-order valence-corrected chi connectivity index (χ0v) is 8.10. The Morgan fingerprint density at radius 3 is 2.47 bits per heavy atom. The Kier molecular flexibility index (Phi) is 2.50. The van der Waals surface area contributed by atoms with Crippen LogP contribution in [0.4, 0.5) is 0 Å². The highest BCUT2D eigenvalue weighted by molar-refractivity contribution is 5.99. The van der Waals surface area contributed by atoms with Gasteiger partial charge in [-0.1, -0.05) is 42.5 Å². The molecule has 2 aromatic carbocycles. The molecule has 15 heavy (non-hydrogen) atoms. The quantitative estimate of drug-likeness (QED) is 0.786. The van der Waals surface area contributed by atoms with E-state index in [-0.39, 0.29) is 0 Å². The fourth-order valence-corrected chi connectivity index (χ4v) is 1.49. The van der Waals surface area contributed by atoms with Crippen LogP contribution < -0.4 is 5.73 Å². The summed E-state index contributed by atoms with van der Waals surface area (Å²) in [6.07, 6.45) is 0. The van der Waals surface area contributed by atoms with Crippen LogP contribution in [0.1, 0.15) is 10.4 Å². The van der Waals surface area contributed by atoms with Crippen molar-refractivity contribution < 1.29 is 4.79 Å². The molecule has 73 valence electrons. The van der Waals surface area contributed by atoms with Gasteiger partial charge in [0.05, 0.1) is 0 Å². The second-order valence-electron chi connectivity index (χ2n) is 3.19. The monoisotopic (exact) mass is 196 g/mol. The van der Waals surface area contributed by atoms with E-state index < -0.39 is 5.91 Å². The maximum absolute atomic E-state index is 11.2. The predicted molar refractivity (Wildman–Crippen MR) is 59.2 cm³/mol. The number of carbonyl (C=O) groups is 1. The summed E-state index contributed by atoms with van der Waals surface area (Å²) in [5.74, 6) is -0.425. The lowest BCUT2D eigenvalue weighted by molar-refractivity contribution is 0.100. The van der Waals surface area contributed by atoms with Crippen molar-refractivity contribution in [3.8, 4) is 11.1 Å². The second kappa shape index (κ2) is 3.96. The Hall–Kier alpha value is -2.09. The lowest BCUT2D eigenvalue weighted by Gasteiger charge is -2.05. The Labute approximate surface area is 88.4 Å². The van der Waals surface area contributed by atoms with Crippen molar-refractivity contribution in [2.24, 2.45) is 5.73 Å². The van der Waals surface area contributed by atoms with E-state index in [0.29, 0.717) is 5.56 Å². The highest BCUT2D eigenvalue weighted by Crippen LogP contribution is 2.22. The molecule has 2 heteroatoms. The fraction of sp³-hybridized carbons (Fsp3) is 0. The molecular weight excluding hydrogens is 186 g/mol. The first-order valence-electron chi connectivity index (χ1n) is 4.65. The van der Waals surface area contributed by atoms with E-state index in [9.17, 15) is 4.79 Å². The number of hydrogen-bond acceptors (Lipinski definition) is 1. The number of amides is 1. The molecule has 0 bridgehead atoms. The average molecular weight is 196 g/mol. The van der Waals surface area contributed by atoms with Crippen LogP contribution in [0.5, 0.6) is 0 Å². The lowest BCUT2D eigenvalue weighted by atomic mass is 9.99. The number of carbonyl (C=O) groups excluding carboxylic acids is 1. The standard InChI is InChI=1S/C13H10NO/c14-13(15)12-9-5-4-8-11(12)10-6-2-1-3-7-10/h1-7,9H,(H2,14,15). The van der Waals surface area contributed by atoms with Crippen LogP contribution >= 0.6 is 0 Å². The van der Waals surface area contributed by atoms with Gasteiger partial charge in [-0.3, -0.25) is 4.79 Å². The van der Waals surface area contributed by atoms with E-state index in [2.05, 4.69) is 6.07 Å². The van der Waals surface area contributed by atoms with Gasteiger partial charge in [0.2, 0.25) is 5.91 Å². The fourth-order valence-electron chi connectivity index (χ4n) is 1.49. The van der Waals surface area contributed by atoms with Crippen LogP contribution in [0.25, 0.3) is 11.1 Å². The molecule has 0 atom stereocenters. The molecule has 0 aliphatic rings. The first kappa shape index (κ1) is 9.46. The summed E-state index contributed by atoms with van der Waals surface area (Å²) in [4.78, 5) is 11.2. The predicted octanol–water partition coefficient (Wildman–Crippen LogP) is 2.25. The van der Waals surface area contributed by atoms with Gasteiger partial charge in [0.25, 0.3) is 0 Å². The summed E-state index contributed by atoms with van der Waals surface area (Å²) in [6, 6.07) is 17.9. The van der Waals surface area contributed by atoms with Crippen molar-refractivity contribution >= 4 is 5.91 Å². The zero-order valence-electron chi connectivity index (χ0n) is 8.10. The van der Waals surface area contributed by atoms with Crippen molar-refractivity contribution in [1.82, 2.24) is 0 Å². The molecule has 0 aromatic heterocycles. The molecule has 0 unspecified atom stereocenters. The largest absolute Gasteiger partial charge is 0.366 e. The molecule has 2 aromatic rings. The van der Waals surface area contributed by atoms with Crippen LogP contribution in [0.2, 0.25) is 0 Å². The van der Waals surface area contributed by atoms with E-state index in [1.807, 2.05) is 30.3 Å². The van der Waals surface area contributed by atoms with Crippen molar-refractivity contribution in [2.75, 3.05) is 0 Å². The van der Waals surface area contributed by atoms with Crippen LogP contribution in [-0.2, 0) is 0 Å². The van der Waals surface area contributed by atoms with E-state index in [1.165, 1.54) is 0 Å². The number of nitrogens with two attached hydrogens (primary N) is 1. The van der Waals surface area contributed by atoms with Crippen molar-refractivity contribution in [3.63, 3.8) is 0 Å². The van der Waals surface area contributed by atoms with Crippen molar-refractivity contribution in [2.45, 2.75) is 0 Å². The Balaban J connectivity index is 2.58. The first-order chi connectivity index (χ1) is 7.29. The zero-order chi connectivity index (χ0) is 10.7. The maximum atomic E-state index is 11.2. The number of benzene rings is 2. The number of hydrogen-bond donors (Lipinski definition) is 1. The van der Waals surface area contributed by atoms with Gasteiger partial charge in [-0.15, -0.1) is 0 Å². The highest BCUT2D eigenvalue weighted by atomic mass is 16.1. The SMILES string of the molecule is NC(=O)c1ccc[c]c1-c1ccccc1. The summed E-state index contributed by atoms with van der Waals surface area (Å²) < 4.78 is 0. The smallest absolute Gasteiger partial charge is 0.249 e. The third-order valence-corrected chi connectivity index (χ3v) is 2.18. The Bertz CT molecular complexity index is 477. The maximum Gasteiger partial charge on any atom is 0.249 e. The van der Waals surface area contributed by atoms with E-state index in [0.717, 1.165) is 11.1 Å². The van der Waals surface area contributed by atoms with Gasteiger partial charge >= 0.3 is 0 Å². The van der Waals surface area contributed by atoms with Gasteiger partial charge < -0.3 is 5.73 Å². The third-order valence-electron chi connectivity index (χ3n) is 2.18. The minimum absolute atomic E-state index is 0.425. The first-order valence-corrected chi connectivity index (χ1v) is 4.65. The van der Waals surface area contributed by atoms with Gasteiger partial charge in [0.1, 0.15) is 0 Å². The van der Waals surface area contributed by atoms with E-state index in [1.54, 1.807) is 18.2 Å². The third kappa shape index (κ3) is 1.89. The van der Waals surface area contributed by atoms with Crippen LogP contribution in [0.3, 0.4) is 0 Å². The van der Waals surface area contributed by atoms with Crippen LogP contribution in [0, 0.1) is 6.07 Å². The minimum Gasteiger partial charge on any atom is -0.366 e. The molecule has 0 aliphatic heterocycles. The molecule has 1 radical (unpaired) electrons. The molecule has 1 amide bonds. The second-order valence-corrected chi connectivity index (χ2v) is 3.19. The van der Waals surface area contributed by atoms with E-state index >= 15 is 0 Å². The minimum atomic E-state index is -0.425. The number of rotatable bonds is 2. The van der Waals surface area contributed by atoms with Crippen LogP contribution in [-0.4, -0.2) is 5.91 Å². The average Bonchev–Trinajstić information content (AvgIpc) is 2.30. The normalized spacial score (nSPS) is 9.87. The van der Waals surface area contributed by atoms with Gasteiger partial charge in [0.15, 0.2) is 0 Å². The molecule has 0 fully saturated rings. The Morgan fingerprint density at radius 1 is 1.07 bits per heavy atom. The molecule has 0 saturated carbocycles. The molecular formula is C13H10NO. The summed E-state index contributed by atoms with van der Waals surface area (Å²) in [6.45, 7) is 0. The lowest BCUT2D eigenvalue weighted by Crippen LogP contribution is -2.12. The molecule has 0 saturated heterocycles. The summed E-state index contributed by atoms with van der Waals surface area (Å²) in [7, 11) is 0.